The van der Waals surface area contributed by atoms with Crippen molar-refractivity contribution in [3.63, 3.8) is 0 Å². The Morgan fingerprint density at radius 1 is 0.952 bits per heavy atom. The van der Waals surface area contributed by atoms with Crippen molar-refractivity contribution in [2.75, 3.05) is 0 Å². The Hall–Kier alpha value is -1.42. The van der Waals surface area contributed by atoms with Gasteiger partial charge in [-0.05, 0) is 51.3 Å². The molecule has 3 aromatic rings. The maximum atomic E-state index is 4.58. The number of hydrogen-bond donors (Lipinski definition) is 0. The molecule has 0 amide bonds. The molecule has 1 aromatic heterocycles. The van der Waals surface area contributed by atoms with Gasteiger partial charge in [-0.25, -0.2) is 0 Å². The van der Waals surface area contributed by atoms with Crippen molar-refractivity contribution in [2.24, 2.45) is 0 Å². The van der Waals surface area contributed by atoms with Crippen LogP contribution in [0.1, 0.15) is 26.3 Å². The fourth-order valence-corrected chi connectivity index (χ4v) is 3.27. The van der Waals surface area contributed by atoms with Crippen molar-refractivity contribution in [3.8, 4) is 11.1 Å². The van der Waals surface area contributed by atoms with Gasteiger partial charge in [0.25, 0.3) is 0 Å². The molecule has 21 heavy (non-hydrogen) atoms. The first-order valence-electron chi connectivity index (χ1n) is 7.11. The fourth-order valence-electron chi connectivity index (χ4n) is 2.53. The normalized spacial score (nSPS) is 11.8. The van der Waals surface area contributed by atoms with Crippen LogP contribution in [0.3, 0.4) is 0 Å². The van der Waals surface area contributed by atoms with Crippen molar-refractivity contribution in [2.45, 2.75) is 26.2 Å². The average Bonchev–Trinajstić information content (AvgIpc) is 2.46. The fraction of sp³-hybridized carbons (Fsp3) is 0.211. The highest BCUT2D eigenvalue weighted by atomic mass is 127. The Bertz CT molecular complexity index is 786. The number of benzene rings is 2. The molecule has 0 saturated heterocycles. The van der Waals surface area contributed by atoms with E-state index in [4.69, 9.17) is 0 Å². The van der Waals surface area contributed by atoms with E-state index >= 15 is 0 Å². The highest BCUT2D eigenvalue weighted by Crippen LogP contribution is 2.34. The molecular formula is C19H18IN. The topological polar surface area (TPSA) is 12.9 Å². The summed E-state index contributed by atoms with van der Waals surface area (Å²) in [6.07, 6.45) is 1.96. The van der Waals surface area contributed by atoms with Crippen LogP contribution in [0.5, 0.6) is 0 Å². The molecule has 0 aliphatic carbocycles. The molecule has 106 valence electrons. The van der Waals surface area contributed by atoms with Gasteiger partial charge in [0.15, 0.2) is 0 Å². The molecule has 1 nitrogen and oxygen atoms in total. The average molecular weight is 387 g/mol. The second kappa shape index (κ2) is 5.41. The number of rotatable bonds is 1. The third kappa shape index (κ3) is 2.82. The summed E-state index contributed by atoms with van der Waals surface area (Å²) in [5.41, 5.74) is 5.08. The van der Waals surface area contributed by atoms with Crippen LogP contribution < -0.4 is 0 Å². The number of nitrogens with zero attached hydrogens (tertiary/aromatic N) is 1. The van der Waals surface area contributed by atoms with Crippen LogP contribution in [-0.2, 0) is 5.41 Å². The Balaban J connectivity index is 2.34. The molecule has 3 rings (SSSR count). The van der Waals surface area contributed by atoms with Gasteiger partial charge >= 0.3 is 0 Å². The van der Waals surface area contributed by atoms with Crippen molar-refractivity contribution >= 4 is 33.5 Å². The first-order chi connectivity index (χ1) is 9.97. The van der Waals surface area contributed by atoms with E-state index in [2.05, 4.69) is 96.9 Å². The van der Waals surface area contributed by atoms with E-state index in [0.29, 0.717) is 0 Å². The van der Waals surface area contributed by atoms with Gasteiger partial charge in [0.1, 0.15) is 0 Å². The van der Waals surface area contributed by atoms with Crippen LogP contribution in [0.2, 0.25) is 0 Å². The summed E-state index contributed by atoms with van der Waals surface area (Å²) in [4.78, 5) is 4.58. The summed E-state index contributed by atoms with van der Waals surface area (Å²) >= 11 is 2.38. The van der Waals surface area contributed by atoms with Gasteiger partial charge in [-0.1, -0.05) is 57.2 Å². The third-order valence-corrected chi connectivity index (χ3v) is 4.57. The summed E-state index contributed by atoms with van der Waals surface area (Å²) in [5, 5.41) is 1.24. The van der Waals surface area contributed by atoms with E-state index in [0.717, 1.165) is 5.52 Å². The summed E-state index contributed by atoms with van der Waals surface area (Å²) in [5.74, 6) is 0. The molecule has 0 radical (unpaired) electrons. The van der Waals surface area contributed by atoms with Gasteiger partial charge < -0.3 is 0 Å². The number of hydrogen-bond acceptors (Lipinski definition) is 1. The summed E-state index contributed by atoms with van der Waals surface area (Å²) in [6, 6.07) is 17.2. The van der Waals surface area contributed by atoms with Crippen LogP contribution in [0.4, 0.5) is 0 Å². The van der Waals surface area contributed by atoms with Crippen LogP contribution in [0.25, 0.3) is 22.0 Å². The van der Waals surface area contributed by atoms with E-state index in [1.165, 1.54) is 25.6 Å². The molecule has 2 heteroatoms. The van der Waals surface area contributed by atoms with Crippen molar-refractivity contribution in [3.05, 3.63) is 63.9 Å². The molecule has 0 aliphatic rings. The quantitative estimate of drug-likeness (QED) is 0.481. The number of aromatic nitrogens is 1. The maximum Gasteiger partial charge on any atom is 0.0709 e. The second-order valence-electron chi connectivity index (χ2n) is 6.33. The third-order valence-electron chi connectivity index (χ3n) is 3.75. The Morgan fingerprint density at radius 2 is 1.67 bits per heavy atom. The van der Waals surface area contributed by atoms with E-state index in [1.807, 2.05) is 6.20 Å². The predicted octanol–water partition coefficient (Wildman–Crippen LogP) is 5.80. The van der Waals surface area contributed by atoms with Crippen molar-refractivity contribution in [1.82, 2.24) is 4.98 Å². The lowest BCUT2D eigenvalue weighted by Crippen LogP contribution is -2.10. The summed E-state index contributed by atoms with van der Waals surface area (Å²) < 4.78 is 1.19. The molecular weight excluding hydrogens is 369 g/mol. The number of fused-ring (bicyclic) bond motifs is 1. The summed E-state index contributed by atoms with van der Waals surface area (Å²) in [6.45, 7) is 6.74. The van der Waals surface area contributed by atoms with E-state index < -0.39 is 0 Å². The zero-order chi connectivity index (χ0) is 15.0. The summed E-state index contributed by atoms with van der Waals surface area (Å²) in [7, 11) is 0. The first kappa shape index (κ1) is 14.5. The van der Waals surface area contributed by atoms with E-state index in [-0.39, 0.29) is 5.41 Å². The zero-order valence-corrected chi connectivity index (χ0v) is 14.7. The van der Waals surface area contributed by atoms with Gasteiger partial charge in [-0.15, -0.1) is 0 Å². The monoisotopic (exact) mass is 387 g/mol. The van der Waals surface area contributed by atoms with Crippen molar-refractivity contribution in [1.29, 1.82) is 0 Å². The molecule has 1 heterocycles. The van der Waals surface area contributed by atoms with Gasteiger partial charge in [-0.2, -0.15) is 0 Å². The van der Waals surface area contributed by atoms with Crippen LogP contribution >= 0.6 is 22.6 Å². The number of pyridine rings is 1. The second-order valence-corrected chi connectivity index (χ2v) is 7.49. The highest BCUT2D eigenvalue weighted by Gasteiger charge is 2.16. The maximum absolute atomic E-state index is 4.58. The lowest BCUT2D eigenvalue weighted by atomic mass is 9.85. The SMILES string of the molecule is CC(C)(C)c1ccc2ncc(I)c(-c3ccccc3)c2c1. The van der Waals surface area contributed by atoms with Crippen molar-refractivity contribution < 1.29 is 0 Å². The molecule has 0 unspecified atom stereocenters. The van der Waals surface area contributed by atoms with Gasteiger partial charge in [0, 0.05) is 20.7 Å². The van der Waals surface area contributed by atoms with Gasteiger partial charge in [-0.3, -0.25) is 4.98 Å². The Labute approximate surface area is 139 Å². The molecule has 0 bridgehead atoms. The van der Waals surface area contributed by atoms with Gasteiger partial charge in [0.2, 0.25) is 0 Å². The van der Waals surface area contributed by atoms with E-state index in [1.54, 1.807) is 0 Å². The Kier molecular flexibility index (Phi) is 3.74. The largest absolute Gasteiger partial charge is 0.255 e. The molecule has 0 aliphatic heterocycles. The number of halogens is 1. The predicted molar refractivity (Wildman–Crippen MR) is 98.6 cm³/mol. The minimum absolute atomic E-state index is 0.142. The molecule has 0 spiro atoms. The minimum Gasteiger partial charge on any atom is -0.255 e. The molecule has 0 fully saturated rings. The Morgan fingerprint density at radius 3 is 2.33 bits per heavy atom. The minimum atomic E-state index is 0.142. The van der Waals surface area contributed by atoms with Crippen LogP contribution in [0, 0.1) is 3.57 Å². The van der Waals surface area contributed by atoms with Crippen LogP contribution in [0.15, 0.2) is 54.7 Å². The standard InChI is InChI=1S/C19H18IN/c1-19(2,3)14-9-10-17-15(11-14)18(16(20)12-21-17)13-7-5-4-6-8-13/h4-12H,1-3H3. The molecule has 0 N–H and O–H groups in total. The molecule has 0 saturated carbocycles. The molecule has 2 aromatic carbocycles. The lowest BCUT2D eigenvalue weighted by Gasteiger charge is -2.20. The lowest BCUT2D eigenvalue weighted by molar-refractivity contribution is 0.591. The van der Waals surface area contributed by atoms with Gasteiger partial charge in [0.05, 0.1) is 5.52 Å². The molecule has 0 atom stereocenters. The highest BCUT2D eigenvalue weighted by molar-refractivity contribution is 14.1. The first-order valence-corrected chi connectivity index (χ1v) is 8.19. The van der Waals surface area contributed by atoms with Crippen LogP contribution in [-0.4, -0.2) is 4.98 Å². The smallest absolute Gasteiger partial charge is 0.0709 e. The zero-order valence-electron chi connectivity index (χ0n) is 12.5. The van der Waals surface area contributed by atoms with E-state index in [9.17, 15) is 0 Å².